The quantitative estimate of drug-likeness (QED) is 0.353. The van der Waals surface area contributed by atoms with E-state index in [2.05, 4.69) is 11.1 Å². The molecule has 1 N–H and O–H groups in total. The number of aromatic amines is 1. The van der Waals surface area contributed by atoms with E-state index in [1.54, 1.807) is 17.4 Å². The highest BCUT2D eigenvalue weighted by molar-refractivity contribution is 7.18. The lowest BCUT2D eigenvalue weighted by molar-refractivity contribution is 0.269. The van der Waals surface area contributed by atoms with Gasteiger partial charge in [-0.05, 0) is 62.4 Å². The zero-order valence-corrected chi connectivity index (χ0v) is 20.5. The van der Waals surface area contributed by atoms with Gasteiger partial charge in [0.25, 0.3) is 5.56 Å². The zero-order valence-electron chi connectivity index (χ0n) is 19.7. The lowest BCUT2D eigenvalue weighted by atomic mass is 9.98. The molecule has 0 saturated heterocycles. The van der Waals surface area contributed by atoms with Crippen molar-refractivity contribution in [3.63, 3.8) is 0 Å². The van der Waals surface area contributed by atoms with Crippen molar-refractivity contribution in [3.05, 3.63) is 74.4 Å². The molecule has 6 nitrogen and oxygen atoms in total. The van der Waals surface area contributed by atoms with Gasteiger partial charge >= 0.3 is 0 Å². The van der Waals surface area contributed by atoms with Crippen molar-refractivity contribution in [1.29, 1.82) is 5.26 Å². The van der Waals surface area contributed by atoms with Gasteiger partial charge in [-0.25, -0.2) is 4.98 Å². The first-order chi connectivity index (χ1) is 17.2. The molecule has 0 bridgehead atoms. The Bertz CT molecular complexity index is 1460. The van der Waals surface area contributed by atoms with Crippen LogP contribution < -0.4 is 15.0 Å². The summed E-state index contributed by atoms with van der Waals surface area (Å²) in [6.07, 6.45) is 6.74. The van der Waals surface area contributed by atoms with Gasteiger partial charge in [0, 0.05) is 16.0 Å². The van der Waals surface area contributed by atoms with Gasteiger partial charge in [0.05, 0.1) is 23.6 Å². The van der Waals surface area contributed by atoms with Gasteiger partial charge in [-0.2, -0.15) is 5.26 Å². The summed E-state index contributed by atoms with van der Waals surface area (Å²) in [5.74, 6) is 1.67. The minimum absolute atomic E-state index is 0.0746. The summed E-state index contributed by atoms with van der Waals surface area (Å²) in [6, 6.07) is 15.1. The number of H-pyrrole nitrogens is 1. The number of thiophene rings is 1. The highest BCUT2D eigenvalue weighted by Gasteiger charge is 2.19. The van der Waals surface area contributed by atoms with Gasteiger partial charge < -0.3 is 14.5 Å². The number of aryl methyl sites for hydroxylation is 2. The van der Waals surface area contributed by atoms with Crippen LogP contribution in [-0.2, 0) is 19.4 Å². The topological polar surface area (TPSA) is 88.0 Å². The predicted octanol–water partition coefficient (Wildman–Crippen LogP) is 6.16. The molecule has 1 aliphatic rings. The van der Waals surface area contributed by atoms with Gasteiger partial charge in [0.15, 0.2) is 11.5 Å². The molecule has 0 atom stereocenters. The van der Waals surface area contributed by atoms with E-state index in [0.717, 1.165) is 40.6 Å². The number of ether oxygens (including phenoxy) is 2. The minimum Gasteiger partial charge on any atom is -0.490 e. The van der Waals surface area contributed by atoms with Gasteiger partial charge in [-0.15, -0.1) is 11.3 Å². The third-order valence-corrected chi connectivity index (χ3v) is 7.55. The van der Waals surface area contributed by atoms with Crippen LogP contribution in [0.1, 0.15) is 54.2 Å². The number of aromatic nitrogens is 2. The summed E-state index contributed by atoms with van der Waals surface area (Å²) in [6.45, 7) is 2.63. The van der Waals surface area contributed by atoms with Gasteiger partial charge in [0.2, 0.25) is 0 Å². The highest BCUT2D eigenvalue weighted by atomic mass is 32.1. The Morgan fingerprint density at radius 3 is 2.71 bits per heavy atom. The third kappa shape index (κ3) is 4.80. The van der Waals surface area contributed by atoms with Crippen LogP contribution in [0.3, 0.4) is 0 Å². The van der Waals surface area contributed by atoms with Crippen molar-refractivity contribution in [2.75, 3.05) is 6.61 Å². The SMILES string of the molecule is CCOc1cc(-c2nc3sc4c(c3c(=O)[nH]2)CCCCCC4)ccc1OCc1ccccc1C#N. The summed E-state index contributed by atoms with van der Waals surface area (Å²) >= 11 is 1.66. The largest absolute Gasteiger partial charge is 0.490 e. The number of benzene rings is 2. The molecule has 4 aromatic rings. The van der Waals surface area contributed by atoms with E-state index in [9.17, 15) is 10.1 Å². The molecule has 0 amide bonds. The van der Waals surface area contributed by atoms with E-state index in [0.29, 0.717) is 29.5 Å². The van der Waals surface area contributed by atoms with Crippen LogP contribution in [0.4, 0.5) is 0 Å². The van der Waals surface area contributed by atoms with Crippen molar-refractivity contribution in [2.24, 2.45) is 0 Å². The number of hydrogen-bond donors (Lipinski definition) is 1. The lowest BCUT2D eigenvalue weighted by Gasteiger charge is -2.14. The van der Waals surface area contributed by atoms with Crippen LogP contribution in [0.5, 0.6) is 11.5 Å². The van der Waals surface area contributed by atoms with Crippen LogP contribution in [-0.4, -0.2) is 16.6 Å². The minimum atomic E-state index is -0.0746. The van der Waals surface area contributed by atoms with E-state index in [1.165, 1.54) is 29.7 Å². The maximum atomic E-state index is 13.1. The van der Waals surface area contributed by atoms with E-state index in [1.807, 2.05) is 43.3 Å². The molecule has 2 heterocycles. The average Bonchev–Trinajstić information content (AvgIpc) is 3.20. The smallest absolute Gasteiger partial charge is 0.260 e. The van der Waals surface area contributed by atoms with E-state index >= 15 is 0 Å². The third-order valence-electron chi connectivity index (χ3n) is 6.36. The second-order valence-corrected chi connectivity index (χ2v) is 9.75. The maximum Gasteiger partial charge on any atom is 0.260 e. The normalized spacial score (nSPS) is 13.5. The van der Waals surface area contributed by atoms with Crippen LogP contribution in [0, 0.1) is 11.3 Å². The number of rotatable bonds is 6. The Labute approximate surface area is 208 Å². The molecule has 2 aromatic carbocycles. The molecule has 7 heteroatoms. The van der Waals surface area contributed by atoms with Crippen LogP contribution in [0.25, 0.3) is 21.6 Å². The molecule has 0 aliphatic heterocycles. The molecule has 0 saturated carbocycles. The molecule has 0 spiro atoms. The molecule has 1 aliphatic carbocycles. The van der Waals surface area contributed by atoms with Crippen molar-refractivity contribution in [3.8, 4) is 29.0 Å². The Morgan fingerprint density at radius 2 is 1.89 bits per heavy atom. The Morgan fingerprint density at radius 1 is 1.06 bits per heavy atom. The average molecular weight is 486 g/mol. The zero-order chi connectivity index (χ0) is 24.2. The first kappa shape index (κ1) is 23.1. The van der Waals surface area contributed by atoms with Crippen LogP contribution in [0.2, 0.25) is 0 Å². The molecule has 178 valence electrons. The monoisotopic (exact) mass is 485 g/mol. The van der Waals surface area contributed by atoms with Gasteiger partial charge in [-0.3, -0.25) is 4.79 Å². The second-order valence-electron chi connectivity index (χ2n) is 8.66. The number of fused-ring (bicyclic) bond motifs is 3. The number of nitriles is 1. The molecule has 2 aromatic heterocycles. The Hall–Kier alpha value is -3.63. The van der Waals surface area contributed by atoms with Crippen LogP contribution in [0.15, 0.2) is 47.3 Å². The fourth-order valence-electron chi connectivity index (χ4n) is 4.61. The Balaban J connectivity index is 1.47. The van der Waals surface area contributed by atoms with E-state index < -0.39 is 0 Å². The fourth-order valence-corrected chi connectivity index (χ4v) is 5.87. The number of nitrogens with one attached hydrogen (secondary N) is 1. The van der Waals surface area contributed by atoms with E-state index in [-0.39, 0.29) is 12.2 Å². The van der Waals surface area contributed by atoms with Crippen LogP contribution >= 0.6 is 11.3 Å². The first-order valence-corrected chi connectivity index (χ1v) is 12.9. The summed E-state index contributed by atoms with van der Waals surface area (Å²) in [4.78, 5) is 23.1. The summed E-state index contributed by atoms with van der Waals surface area (Å²) in [5.41, 5.74) is 3.28. The van der Waals surface area contributed by atoms with Crippen molar-refractivity contribution in [2.45, 2.75) is 52.1 Å². The van der Waals surface area contributed by atoms with Crippen molar-refractivity contribution >= 4 is 21.6 Å². The predicted molar refractivity (Wildman–Crippen MR) is 138 cm³/mol. The van der Waals surface area contributed by atoms with E-state index in [4.69, 9.17) is 14.5 Å². The maximum absolute atomic E-state index is 13.1. The summed E-state index contributed by atoms with van der Waals surface area (Å²) < 4.78 is 11.9. The Kier molecular flexibility index (Phi) is 6.82. The van der Waals surface area contributed by atoms with Gasteiger partial charge in [-0.1, -0.05) is 31.0 Å². The molecule has 0 fully saturated rings. The molecule has 0 unspecified atom stereocenters. The molecular weight excluding hydrogens is 458 g/mol. The van der Waals surface area contributed by atoms with Gasteiger partial charge in [0.1, 0.15) is 17.3 Å². The lowest BCUT2D eigenvalue weighted by Crippen LogP contribution is -2.10. The standard InChI is InChI=1S/C28H27N3O3S/c1-2-33-23-15-18(13-14-22(23)34-17-20-10-8-7-9-19(20)16-29)26-30-27(32)25-21-11-5-3-4-6-12-24(21)35-28(25)31-26/h7-10,13-15H,2-6,11-12,17H2,1H3,(H,30,31,32). The molecule has 0 radical (unpaired) electrons. The number of hydrogen-bond acceptors (Lipinski definition) is 6. The highest BCUT2D eigenvalue weighted by Crippen LogP contribution is 2.35. The van der Waals surface area contributed by atoms with Crippen molar-refractivity contribution in [1.82, 2.24) is 9.97 Å². The summed E-state index contributed by atoms with van der Waals surface area (Å²) in [7, 11) is 0. The molecular formula is C28H27N3O3S. The summed E-state index contributed by atoms with van der Waals surface area (Å²) in [5, 5.41) is 10.1. The van der Waals surface area contributed by atoms with Crippen molar-refractivity contribution < 1.29 is 9.47 Å². The first-order valence-electron chi connectivity index (χ1n) is 12.1. The molecule has 35 heavy (non-hydrogen) atoms. The second kappa shape index (κ2) is 10.3. The number of nitrogens with zero attached hydrogens (tertiary/aromatic N) is 2. The fraction of sp³-hybridized carbons (Fsp3) is 0.321. The molecule has 5 rings (SSSR count).